The maximum Gasteiger partial charge on any atom is 0.406 e. The Hall–Kier alpha value is -1.56. The predicted octanol–water partition coefficient (Wildman–Crippen LogP) is 2.39. The zero-order chi connectivity index (χ0) is 15.0. The molecule has 1 aliphatic heterocycles. The molecule has 0 amide bonds. The molecule has 1 heterocycles. The van der Waals surface area contributed by atoms with Gasteiger partial charge in [-0.1, -0.05) is 24.3 Å². The lowest BCUT2D eigenvalue weighted by molar-refractivity contribution is -0.236. The van der Waals surface area contributed by atoms with Gasteiger partial charge in [-0.05, 0) is 31.0 Å². The van der Waals surface area contributed by atoms with Crippen LogP contribution in [0.5, 0.6) is 0 Å². The number of carboxylic acids is 1. The number of aliphatic carboxylic acids is 1. The number of carboxylic acid groups (broad SMARTS) is 1. The Balaban J connectivity index is 2.35. The van der Waals surface area contributed by atoms with E-state index >= 15 is 0 Å². The van der Waals surface area contributed by atoms with Crippen LogP contribution in [0.1, 0.15) is 11.1 Å². The van der Waals surface area contributed by atoms with Gasteiger partial charge in [0.1, 0.15) is 0 Å². The summed E-state index contributed by atoms with van der Waals surface area (Å²) < 4.78 is 39.9. The third-order valence-corrected chi connectivity index (χ3v) is 4.11. The Morgan fingerprint density at radius 2 is 2.10 bits per heavy atom. The van der Waals surface area contributed by atoms with E-state index in [2.05, 4.69) is 5.32 Å². The number of carbonyl (C=O) groups is 1. The molecular formula is C14H16F3NO2. The molecule has 0 aliphatic carbocycles. The highest BCUT2D eigenvalue weighted by molar-refractivity contribution is 5.77. The van der Waals surface area contributed by atoms with Crippen molar-refractivity contribution < 1.29 is 23.1 Å². The predicted molar refractivity (Wildman–Crippen MR) is 67.4 cm³/mol. The number of nitrogens with one attached hydrogen (secondary N) is 1. The van der Waals surface area contributed by atoms with Crippen LogP contribution in [0.2, 0.25) is 0 Å². The number of alkyl halides is 3. The second-order valence-corrected chi connectivity index (χ2v) is 5.23. The third-order valence-electron chi connectivity index (χ3n) is 4.11. The number of halogens is 3. The second-order valence-electron chi connectivity index (χ2n) is 5.23. The van der Waals surface area contributed by atoms with Crippen LogP contribution in [-0.2, 0) is 11.2 Å². The highest BCUT2D eigenvalue weighted by Crippen LogP contribution is 2.47. The number of rotatable bonds is 3. The van der Waals surface area contributed by atoms with Crippen molar-refractivity contribution in [1.29, 1.82) is 0 Å². The van der Waals surface area contributed by atoms with Crippen molar-refractivity contribution >= 4 is 5.97 Å². The van der Waals surface area contributed by atoms with Crippen LogP contribution in [0.25, 0.3) is 0 Å². The topological polar surface area (TPSA) is 49.3 Å². The summed E-state index contributed by atoms with van der Waals surface area (Å²) in [5, 5.41) is 11.7. The summed E-state index contributed by atoms with van der Waals surface area (Å²) in [7, 11) is 0. The largest absolute Gasteiger partial charge is 0.481 e. The van der Waals surface area contributed by atoms with Gasteiger partial charge in [-0.3, -0.25) is 4.79 Å². The number of hydrogen-bond donors (Lipinski definition) is 2. The molecule has 0 unspecified atom stereocenters. The van der Waals surface area contributed by atoms with Crippen LogP contribution in [-0.4, -0.2) is 30.3 Å². The SMILES string of the molecule is Cc1ccccc1C[C@H]1CNC[C@@]1(C(=O)O)C(F)(F)F. The molecule has 1 aromatic carbocycles. The van der Waals surface area contributed by atoms with Crippen molar-refractivity contribution in [2.45, 2.75) is 19.5 Å². The fourth-order valence-corrected chi connectivity index (χ4v) is 2.82. The van der Waals surface area contributed by atoms with Crippen molar-refractivity contribution in [2.24, 2.45) is 11.3 Å². The third kappa shape index (κ3) is 2.28. The standard InChI is InChI=1S/C14H16F3NO2/c1-9-4-2-3-5-10(9)6-11-7-18-8-13(11,12(19)20)14(15,16)17/h2-5,11,18H,6-8H2,1H3,(H,19,20)/t11-,13+/m0/s1. The fraction of sp³-hybridized carbons (Fsp3) is 0.500. The van der Waals surface area contributed by atoms with E-state index in [-0.39, 0.29) is 13.0 Å². The summed E-state index contributed by atoms with van der Waals surface area (Å²) >= 11 is 0. The van der Waals surface area contributed by atoms with Crippen molar-refractivity contribution in [3.05, 3.63) is 35.4 Å². The molecule has 2 rings (SSSR count). The van der Waals surface area contributed by atoms with Gasteiger partial charge in [0.2, 0.25) is 0 Å². The average molecular weight is 287 g/mol. The molecule has 0 aromatic heterocycles. The quantitative estimate of drug-likeness (QED) is 0.897. The Morgan fingerprint density at radius 1 is 1.45 bits per heavy atom. The summed E-state index contributed by atoms with van der Waals surface area (Å²) in [4.78, 5) is 11.3. The normalized spacial score (nSPS) is 26.7. The lowest BCUT2D eigenvalue weighted by atomic mass is 9.74. The smallest absolute Gasteiger partial charge is 0.406 e. The highest BCUT2D eigenvalue weighted by atomic mass is 19.4. The molecule has 0 bridgehead atoms. The fourth-order valence-electron chi connectivity index (χ4n) is 2.82. The minimum atomic E-state index is -4.77. The summed E-state index contributed by atoms with van der Waals surface area (Å²) in [6.45, 7) is 1.30. The van der Waals surface area contributed by atoms with Gasteiger partial charge in [-0.2, -0.15) is 13.2 Å². The van der Waals surface area contributed by atoms with Gasteiger partial charge in [-0.15, -0.1) is 0 Å². The molecule has 0 spiro atoms. The first-order valence-electron chi connectivity index (χ1n) is 6.34. The molecule has 1 aromatic rings. The lowest BCUT2D eigenvalue weighted by Crippen LogP contribution is -2.51. The Labute approximate surface area is 114 Å². The van der Waals surface area contributed by atoms with Gasteiger partial charge in [-0.25, -0.2) is 0 Å². The summed E-state index contributed by atoms with van der Waals surface area (Å²) in [5.74, 6) is -2.80. The van der Waals surface area contributed by atoms with Crippen LogP contribution in [0.15, 0.2) is 24.3 Å². The van der Waals surface area contributed by atoms with Crippen LogP contribution in [0.4, 0.5) is 13.2 Å². The molecule has 110 valence electrons. The molecule has 1 aliphatic rings. The van der Waals surface area contributed by atoms with E-state index in [4.69, 9.17) is 5.11 Å². The maximum absolute atomic E-state index is 13.3. The van der Waals surface area contributed by atoms with E-state index in [1.807, 2.05) is 13.0 Å². The van der Waals surface area contributed by atoms with E-state index < -0.39 is 30.0 Å². The Morgan fingerprint density at radius 3 is 2.65 bits per heavy atom. The number of benzene rings is 1. The van der Waals surface area contributed by atoms with Gasteiger partial charge in [0.05, 0.1) is 0 Å². The van der Waals surface area contributed by atoms with Gasteiger partial charge < -0.3 is 10.4 Å². The molecule has 1 fully saturated rings. The van der Waals surface area contributed by atoms with Crippen molar-refractivity contribution in [3.8, 4) is 0 Å². The summed E-state index contributed by atoms with van der Waals surface area (Å²) in [6, 6.07) is 7.12. The first-order valence-corrected chi connectivity index (χ1v) is 6.34. The van der Waals surface area contributed by atoms with Gasteiger partial charge in [0.25, 0.3) is 0 Å². The maximum atomic E-state index is 13.3. The van der Waals surface area contributed by atoms with E-state index in [1.54, 1.807) is 18.2 Å². The molecule has 1 saturated heterocycles. The van der Waals surface area contributed by atoms with Crippen LogP contribution >= 0.6 is 0 Å². The molecule has 0 radical (unpaired) electrons. The van der Waals surface area contributed by atoms with Crippen LogP contribution in [0.3, 0.4) is 0 Å². The zero-order valence-corrected chi connectivity index (χ0v) is 11.0. The van der Waals surface area contributed by atoms with E-state index in [9.17, 15) is 18.0 Å². The van der Waals surface area contributed by atoms with E-state index in [1.165, 1.54) is 0 Å². The molecule has 20 heavy (non-hydrogen) atoms. The van der Waals surface area contributed by atoms with E-state index in [0.717, 1.165) is 11.1 Å². The molecule has 6 heteroatoms. The van der Waals surface area contributed by atoms with E-state index in [0.29, 0.717) is 0 Å². The number of hydrogen-bond acceptors (Lipinski definition) is 2. The zero-order valence-electron chi connectivity index (χ0n) is 11.0. The van der Waals surface area contributed by atoms with Crippen LogP contribution in [0, 0.1) is 18.3 Å². The first kappa shape index (κ1) is 14.8. The molecule has 2 N–H and O–H groups in total. The second kappa shape index (κ2) is 5.09. The first-order chi connectivity index (χ1) is 9.29. The van der Waals surface area contributed by atoms with Crippen molar-refractivity contribution in [3.63, 3.8) is 0 Å². The van der Waals surface area contributed by atoms with Gasteiger partial charge >= 0.3 is 12.1 Å². The minimum absolute atomic E-state index is 0.0557. The average Bonchev–Trinajstić information content (AvgIpc) is 2.76. The summed E-state index contributed by atoms with van der Waals surface area (Å²) in [5.41, 5.74) is -1.06. The monoisotopic (exact) mass is 287 g/mol. The van der Waals surface area contributed by atoms with Crippen molar-refractivity contribution in [2.75, 3.05) is 13.1 Å². The minimum Gasteiger partial charge on any atom is -0.481 e. The molecular weight excluding hydrogens is 271 g/mol. The Kier molecular flexibility index (Phi) is 3.77. The molecule has 0 saturated carbocycles. The Bertz CT molecular complexity index is 515. The van der Waals surface area contributed by atoms with Gasteiger partial charge in [0, 0.05) is 12.5 Å². The summed E-state index contributed by atoms with van der Waals surface area (Å²) in [6.07, 6.45) is -4.67. The van der Waals surface area contributed by atoms with Crippen molar-refractivity contribution in [1.82, 2.24) is 5.32 Å². The van der Waals surface area contributed by atoms with Gasteiger partial charge in [0.15, 0.2) is 5.41 Å². The molecule has 2 atom stereocenters. The lowest BCUT2D eigenvalue weighted by Gasteiger charge is -2.32. The molecule has 3 nitrogen and oxygen atoms in total. The highest BCUT2D eigenvalue weighted by Gasteiger charge is 2.66. The number of aryl methyl sites for hydroxylation is 1. The van der Waals surface area contributed by atoms with Crippen LogP contribution < -0.4 is 5.32 Å².